The van der Waals surface area contributed by atoms with Crippen molar-refractivity contribution in [2.24, 2.45) is 11.8 Å². The van der Waals surface area contributed by atoms with Crippen LogP contribution in [-0.2, 0) is 9.53 Å². The van der Waals surface area contributed by atoms with Gasteiger partial charge in [0.05, 0.1) is 12.5 Å². The van der Waals surface area contributed by atoms with Crippen LogP contribution in [0.2, 0.25) is 0 Å². The Kier molecular flexibility index (Phi) is 3.40. The summed E-state index contributed by atoms with van der Waals surface area (Å²) in [5.41, 5.74) is 0. The largest absolute Gasteiger partial charge is 0.465 e. The summed E-state index contributed by atoms with van der Waals surface area (Å²) >= 11 is 0. The number of hydrogen-bond acceptors (Lipinski definition) is 3. The molecule has 3 heteroatoms. The number of piperidine rings is 1. The molecule has 80 valence electrons. The van der Waals surface area contributed by atoms with Gasteiger partial charge < -0.3 is 10.1 Å². The van der Waals surface area contributed by atoms with Crippen LogP contribution in [0.15, 0.2) is 0 Å². The molecular formula is C11H19NO2. The Labute approximate surface area is 85.2 Å². The normalized spacial score (nSPS) is 27.3. The number of hydrogen-bond donors (Lipinski definition) is 1. The van der Waals surface area contributed by atoms with Crippen LogP contribution in [0.1, 0.15) is 32.1 Å². The van der Waals surface area contributed by atoms with Gasteiger partial charge in [-0.2, -0.15) is 0 Å². The highest BCUT2D eigenvalue weighted by Gasteiger charge is 2.31. The summed E-state index contributed by atoms with van der Waals surface area (Å²) in [6.45, 7) is 2.88. The number of rotatable bonds is 4. The standard InChI is InChI=1S/C11H19NO2/c13-11(10-3-4-10)14-7-5-9-2-1-6-12-8-9/h9-10,12H,1-8H2. The second-order valence-electron chi connectivity index (χ2n) is 4.44. The molecule has 2 aliphatic rings. The summed E-state index contributed by atoms with van der Waals surface area (Å²) in [6.07, 6.45) is 5.67. The first-order chi connectivity index (χ1) is 6.86. The first kappa shape index (κ1) is 9.97. The molecule has 0 radical (unpaired) electrons. The molecule has 1 unspecified atom stereocenters. The number of nitrogens with one attached hydrogen (secondary N) is 1. The monoisotopic (exact) mass is 197 g/mol. The average molecular weight is 197 g/mol. The molecule has 0 aromatic rings. The molecule has 0 bridgehead atoms. The molecule has 1 heterocycles. The van der Waals surface area contributed by atoms with Crippen LogP contribution in [0.25, 0.3) is 0 Å². The molecule has 3 nitrogen and oxygen atoms in total. The van der Waals surface area contributed by atoms with Gasteiger partial charge in [-0.1, -0.05) is 0 Å². The number of ether oxygens (including phenoxy) is 1. The highest BCUT2D eigenvalue weighted by Crippen LogP contribution is 2.30. The molecule has 1 aliphatic carbocycles. The third kappa shape index (κ3) is 2.98. The molecule has 0 aromatic heterocycles. The first-order valence-corrected chi connectivity index (χ1v) is 5.73. The predicted molar refractivity (Wildman–Crippen MR) is 53.9 cm³/mol. The van der Waals surface area contributed by atoms with Gasteiger partial charge in [-0.3, -0.25) is 4.79 Å². The van der Waals surface area contributed by atoms with E-state index in [1.807, 2.05) is 0 Å². The quantitative estimate of drug-likeness (QED) is 0.691. The molecule has 1 atom stereocenters. The molecule has 0 amide bonds. The third-order valence-electron chi connectivity index (χ3n) is 3.08. The van der Waals surface area contributed by atoms with Crippen molar-refractivity contribution in [3.63, 3.8) is 0 Å². The summed E-state index contributed by atoms with van der Waals surface area (Å²) in [4.78, 5) is 11.2. The molecule has 1 saturated heterocycles. The van der Waals surface area contributed by atoms with Crippen molar-refractivity contribution in [2.75, 3.05) is 19.7 Å². The fraction of sp³-hybridized carbons (Fsp3) is 0.909. The maximum absolute atomic E-state index is 11.2. The van der Waals surface area contributed by atoms with Crippen molar-refractivity contribution in [3.8, 4) is 0 Å². The second-order valence-corrected chi connectivity index (χ2v) is 4.44. The minimum absolute atomic E-state index is 0.0359. The molecule has 0 spiro atoms. The highest BCUT2D eigenvalue weighted by atomic mass is 16.5. The van der Waals surface area contributed by atoms with Gasteiger partial charge in [0.15, 0.2) is 0 Å². The maximum Gasteiger partial charge on any atom is 0.308 e. The van der Waals surface area contributed by atoms with E-state index in [2.05, 4.69) is 5.32 Å². The summed E-state index contributed by atoms with van der Waals surface area (Å²) < 4.78 is 5.20. The second kappa shape index (κ2) is 4.78. The van der Waals surface area contributed by atoms with Crippen LogP contribution in [0, 0.1) is 11.8 Å². The summed E-state index contributed by atoms with van der Waals surface area (Å²) in [5, 5.41) is 3.37. The van der Waals surface area contributed by atoms with Crippen LogP contribution >= 0.6 is 0 Å². The van der Waals surface area contributed by atoms with Gasteiger partial charge >= 0.3 is 5.97 Å². The van der Waals surface area contributed by atoms with E-state index in [1.54, 1.807) is 0 Å². The molecule has 0 aromatic carbocycles. The lowest BCUT2D eigenvalue weighted by molar-refractivity contribution is -0.145. The molecule has 2 rings (SSSR count). The van der Waals surface area contributed by atoms with E-state index in [1.165, 1.54) is 12.8 Å². The zero-order valence-corrected chi connectivity index (χ0v) is 8.63. The predicted octanol–water partition coefficient (Wildman–Crippen LogP) is 1.33. The lowest BCUT2D eigenvalue weighted by Crippen LogP contribution is -2.30. The van der Waals surface area contributed by atoms with Crippen molar-refractivity contribution < 1.29 is 9.53 Å². The minimum Gasteiger partial charge on any atom is -0.465 e. The van der Waals surface area contributed by atoms with E-state index in [0.717, 1.165) is 38.3 Å². The van der Waals surface area contributed by atoms with E-state index in [4.69, 9.17) is 4.74 Å². The zero-order valence-electron chi connectivity index (χ0n) is 8.63. The Morgan fingerprint density at radius 1 is 1.36 bits per heavy atom. The minimum atomic E-state index is 0.0359. The van der Waals surface area contributed by atoms with Crippen LogP contribution in [0.3, 0.4) is 0 Å². The Hall–Kier alpha value is -0.570. The molecule has 14 heavy (non-hydrogen) atoms. The average Bonchev–Trinajstić information content (AvgIpc) is 3.02. The van der Waals surface area contributed by atoms with Crippen LogP contribution in [0.5, 0.6) is 0 Å². The van der Waals surface area contributed by atoms with Crippen molar-refractivity contribution in [2.45, 2.75) is 32.1 Å². The Bertz CT molecular complexity index is 195. The fourth-order valence-electron chi connectivity index (χ4n) is 1.93. The Morgan fingerprint density at radius 3 is 2.86 bits per heavy atom. The lowest BCUT2D eigenvalue weighted by Gasteiger charge is -2.22. The molecule has 1 saturated carbocycles. The Balaban J connectivity index is 1.54. The third-order valence-corrected chi connectivity index (χ3v) is 3.08. The van der Waals surface area contributed by atoms with E-state index < -0.39 is 0 Å². The van der Waals surface area contributed by atoms with Crippen molar-refractivity contribution in [1.82, 2.24) is 5.32 Å². The summed E-state index contributed by atoms with van der Waals surface area (Å²) in [6, 6.07) is 0. The summed E-state index contributed by atoms with van der Waals surface area (Å²) in [5.74, 6) is 1.00. The van der Waals surface area contributed by atoms with Crippen LogP contribution < -0.4 is 5.32 Å². The van der Waals surface area contributed by atoms with E-state index in [-0.39, 0.29) is 11.9 Å². The topological polar surface area (TPSA) is 38.3 Å². The van der Waals surface area contributed by atoms with E-state index in [9.17, 15) is 4.79 Å². The molecular weight excluding hydrogens is 178 g/mol. The van der Waals surface area contributed by atoms with Crippen LogP contribution in [0.4, 0.5) is 0 Å². The Morgan fingerprint density at radius 2 is 2.21 bits per heavy atom. The van der Waals surface area contributed by atoms with Gasteiger partial charge in [-0.05, 0) is 51.1 Å². The molecule has 2 fully saturated rings. The fourth-order valence-corrected chi connectivity index (χ4v) is 1.93. The van der Waals surface area contributed by atoms with Gasteiger partial charge in [-0.25, -0.2) is 0 Å². The van der Waals surface area contributed by atoms with Gasteiger partial charge in [0.25, 0.3) is 0 Å². The van der Waals surface area contributed by atoms with Crippen molar-refractivity contribution in [3.05, 3.63) is 0 Å². The summed E-state index contributed by atoms with van der Waals surface area (Å²) in [7, 11) is 0. The SMILES string of the molecule is O=C(OCCC1CCCNC1)C1CC1. The van der Waals surface area contributed by atoms with E-state index in [0.29, 0.717) is 6.61 Å². The van der Waals surface area contributed by atoms with Crippen molar-refractivity contribution in [1.29, 1.82) is 0 Å². The van der Waals surface area contributed by atoms with Gasteiger partial charge in [-0.15, -0.1) is 0 Å². The highest BCUT2D eigenvalue weighted by molar-refractivity contribution is 5.74. The van der Waals surface area contributed by atoms with Gasteiger partial charge in [0, 0.05) is 0 Å². The van der Waals surface area contributed by atoms with Crippen molar-refractivity contribution >= 4 is 5.97 Å². The number of esters is 1. The van der Waals surface area contributed by atoms with Crippen LogP contribution in [-0.4, -0.2) is 25.7 Å². The molecule has 1 aliphatic heterocycles. The van der Waals surface area contributed by atoms with E-state index >= 15 is 0 Å². The maximum atomic E-state index is 11.2. The smallest absolute Gasteiger partial charge is 0.308 e. The number of carbonyl (C=O) groups excluding carboxylic acids is 1. The zero-order chi connectivity index (χ0) is 9.80. The number of carbonyl (C=O) groups is 1. The lowest BCUT2D eigenvalue weighted by atomic mass is 9.97. The van der Waals surface area contributed by atoms with Gasteiger partial charge in [0.1, 0.15) is 0 Å². The van der Waals surface area contributed by atoms with Gasteiger partial charge in [0.2, 0.25) is 0 Å². The first-order valence-electron chi connectivity index (χ1n) is 5.73. The molecule has 1 N–H and O–H groups in total.